The van der Waals surface area contributed by atoms with Gasteiger partial charge < -0.3 is 10.6 Å². The van der Waals surface area contributed by atoms with E-state index in [0.717, 1.165) is 25.0 Å². The summed E-state index contributed by atoms with van der Waals surface area (Å²) in [4.78, 5) is 22.3. The van der Waals surface area contributed by atoms with Crippen LogP contribution < -0.4 is 10.6 Å². The number of benzene rings is 2. The van der Waals surface area contributed by atoms with Crippen molar-refractivity contribution in [1.29, 1.82) is 0 Å². The second kappa shape index (κ2) is 6.66. The minimum absolute atomic E-state index is 0.129. The number of nitrogens with zero attached hydrogens (tertiary/aromatic N) is 1. The van der Waals surface area contributed by atoms with Gasteiger partial charge in [-0.25, -0.2) is 0 Å². The monoisotopic (exact) mass is 365 g/mol. The summed E-state index contributed by atoms with van der Waals surface area (Å²) in [5.41, 5.74) is -0.494. The van der Waals surface area contributed by atoms with Gasteiger partial charge in [0.05, 0.1) is 21.9 Å². The van der Waals surface area contributed by atoms with Gasteiger partial charge >= 0.3 is 6.18 Å². The zero-order valence-electron chi connectivity index (χ0n) is 13.3. The van der Waals surface area contributed by atoms with Crippen molar-refractivity contribution >= 4 is 28.7 Å². The summed E-state index contributed by atoms with van der Waals surface area (Å²) < 4.78 is 38.5. The molecule has 0 unspecified atom stereocenters. The second-order valence-electron chi connectivity index (χ2n) is 5.95. The Morgan fingerprint density at radius 2 is 1.85 bits per heavy atom. The number of nitrogens with one attached hydrogen (secondary N) is 2. The van der Waals surface area contributed by atoms with Gasteiger partial charge in [0.2, 0.25) is 5.91 Å². The maximum atomic E-state index is 12.8. The van der Waals surface area contributed by atoms with E-state index in [1.54, 1.807) is 0 Å². The van der Waals surface area contributed by atoms with E-state index in [0.29, 0.717) is 0 Å². The molecule has 3 rings (SSSR count). The van der Waals surface area contributed by atoms with E-state index in [1.807, 2.05) is 0 Å². The van der Waals surface area contributed by atoms with Crippen molar-refractivity contribution in [3.8, 4) is 0 Å². The maximum absolute atomic E-state index is 12.8. The molecule has 1 aliphatic carbocycles. The van der Waals surface area contributed by atoms with Gasteiger partial charge in [-0.1, -0.05) is 6.07 Å². The molecule has 1 amide bonds. The molecular weight excluding hydrogens is 351 g/mol. The molecule has 0 radical (unpaired) electrons. The van der Waals surface area contributed by atoms with Crippen molar-refractivity contribution in [3.63, 3.8) is 0 Å². The predicted octanol–water partition coefficient (Wildman–Crippen LogP) is 4.71. The fraction of sp³-hybridized carbons (Fsp3) is 0.235. The summed E-state index contributed by atoms with van der Waals surface area (Å²) in [5, 5.41) is 16.3. The molecule has 1 saturated carbocycles. The molecule has 2 aromatic rings. The normalized spacial score (nSPS) is 14.0. The molecule has 0 bridgehead atoms. The van der Waals surface area contributed by atoms with Crippen LogP contribution in [0.2, 0.25) is 0 Å². The number of alkyl halides is 3. The van der Waals surface area contributed by atoms with Crippen LogP contribution in [0.15, 0.2) is 42.5 Å². The highest BCUT2D eigenvalue weighted by atomic mass is 19.4. The zero-order chi connectivity index (χ0) is 18.9. The van der Waals surface area contributed by atoms with Crippen molar-refractivity contribution in [2.45, 2.75) is 19.0 Å². The summed E-state index contributed by atoms with van der Waals surface area (Å²) in [7, 11) is 0. The Bertz CT molecular complexity index is 864. The van der Waals surface area contributed by atoms with Crippen molar-refractivity contribution in [3.05, 3.63) is 58.1 Å². The Morgan fingerprint density at radius 3 is 2.46 bits per heavy atom. The Morgan fingerprint density at radius 1 is 1.12 bits per heavy atom. The van der Waals surface area contributed by atoms with Gasteiger partial charge in [-0.15, -0.1) is 0 Å². The average Bonchev–Trinajstić information content (AvgIpc) is 3.40. The molecule has 1 aliphatic rings. The average molecular weight is 365 g/mol. The van der Waals surface area contributed by atoms with Crippen molar-refractivity contribution in [2.24, 2.45) is 5.92 Å². The molecule has 0 spiro atoms. The van der Waals surface area contributed by atoms with Crippen LogP contribution in [0.1, 0.15) is 18.4 Å². The summed E-state index contributed by atoms with van der Waals surface area (Å²) in [5.74, 6) is -0.395. The number of non-ortho nitro benzene ring substituents is 1. The molecule has 0 aromatic heterocycles. The number of nitro benzene ring substituents is 1. The molecule has 2 aromatic carbocycles. The lowest BCUT2D eigenvalue weighted by Crippen LogP contribution is -2.14. The Labute approximate surface area is 146 Å². The molecular formula is C17H14F3N3O3. The molecule has 9 heteroatoms. The molecule has 136 valence electrons. The van der Waals surface area contributed by atoms with Crippen molar-refractivity contribution in [1.82, 2.24) is 0 Å². The molecule has 2 N–H and O–H groups in total. The predicted molar refractivity (Wildman–Crippen MR) is 89.2 cm³/mol. The number of anilines is 3. The van der Waals surface area contributed by atoms with Crippen LogP contribution in [0.4, 0.5) is 35.9 Å². The van der Waals surface area contributed by atoms with Crippen LogP contribution in [0, 0.1) is 16.0 Å². The van der Waals surface area contributed by atoms with Crippen LogP contribution in [0.3, 0.4) is 0 Å². The SMILES string of the molecule is O=C(Nc1cc([N+](=O)[O-])ccc1Nc1cccc(C(F)(F)F)c1)C1CC1. The number of hydrogen-bond acceptors (Lipinski definition) is 4. The topological polar surface area (TPSA) is 84.3 Å². The number of nitro groups is 1. The first-order valence-electron chi connectivity index (χ1n) is 7.77. The van der Waals surface area contributed by atoms with Crippen LogP contribution >= 0.6 is 0 Å². The van der Waals surface area contributed by atoms with E-state index in [2.05, 4.69) is 10.6 Å². The van der Waals surface area contributed by atoms with Crippen molar-refractivity contribution in [2.75, 3.05) is 10.6 Å². The molecule has 1 fully saturated rings. The van der Waals surface area contributed by atoms with Crippen LogP contribution in [-0.2, 0) is 11.0 Å². The second-order valence-corrected chi connectivity index (χ2v) is 5.95. The lowest BCUT2D eigenvalue weighted by atomic mass is 10.1. The molecule has 26 heavy (non-hydrogen) atoms. The highest BCUT2D eigenvalue weighted by Crippen LogP contribution is 2.35. The van der Waals surface area contributed by atoms with Gasteiger partial charge in [0, 0.05) is 23.7 Å². The van der Waals surface area contributed by atoms with Crippen LogP contribution in [0.5, 0.6) is 0 Å². The number of halogens is 3. The number of carbonyl (C=O) groups excluding carboxylic acids is 1. The molecule has 0 atom stereocenters. The lowest BCUT2D eigenvalue weighted by molar-refractivity contribution is -0.384. The first kappa shape index (κ1) is 17.7. The minimum atomic E-state index is -4.49. The Balaban J connectivity index is 1.91. The van der Waals surface area contributed by atoms with E-state index < -0.39 is 16.7 Å². The molecule has 6 nitrogen and oxygen atoms in total. The van der Waals surface area contributed by atoms with E-state index in [9.17, 15) is 28.1 Å². The quantitative estimate of drug-likeness (QED) is 0.594. The molecule has 0 heterocycles. The Hall–Kier alpha value is -3.10. The first-order valence-corrected chi connectivity index (χ1v) is 7.77. The Kier molecular flexibility index (Phi) is 4.54. The van der Waals surface area contributed by atoms with Gasteiger partial charge in [0.25, 0.3) is 5.69 Å². The van der Waals surface area contributed by atoms with Gasteiger partial charge in [-0.2, -0.15) is 13.2 Å². The highest BCUT2D eigenvalue weighted by molar-refractivity contribution is 5.97. The maximum Gasteiger partial charge on any atom is 0.416 e. The fourth-order valence-electron chi connectivity index (χ4n) is 2.37. The van der Waals surface area contributed by atoms with E-state index in [4.69, 9.17) is 0 Å². The standard InChI is InChI=1S/C17H14F3N3O3/c18-17(19,20)11-2-1-3-12(8-11)21-14-7-6-13(23(25)26)9-15(14)22-16(24)10-4-5-10/h1-3,6-10,21H,4-5H2,(H,22,24). The van der Waals surface area contributed by atoms with Gasteiger partial charge in [0.1, 0.15) is 0 Å². The van der Waals surface area contributed by atoms with Gasteiger partial charge in [-0.3, -0.25) is 14.9 Å². The summed E-state index contributed by atoms with van der Waals surface area (Å²) in [6, 6.07) is 8.28. The number of hydrogen-bond donors (Lipinski definition) is 2. The number of carbonyl (C=O) groups is 1. The van der Waals surface area contributed by atoms with Gasteiger partial charge in [0.15, 0.2) is 0 Å². The molecule has 0 saturated heterocycles. The third-order valence-corrected chi connectivity index (χ3v) is 3.89. The van der Waals surface area contributed by atoms with Crippen LogP contribution in [-0.4, -0.2) is 10.8 Å². The van der Waals surface area contributed by atoms with Crippen LogP contribution in [0.25, 0.3) is 0 Å². The summed E-state index contributed by atoms with van der Waals surface area (Å²) in [6.45, 7) is 0. The fourth-order valence-corrected chi connectivity index (χ4v) is 2.37. The zero-order valence-corrected chi connectivity index (χ0v) is 13.3. The largest absolute Gasteiger partial charge is 0.416 e. The molecule has 0 aliphatic heterocycles. The van der Waals surface area contributed by atoms with E-state index in [-0.39, 0.29) is 34.6 Å². The van der Waals surface area contributed by atoms with E-state index >= 15 is 0 Å². The smallest absolute Gasteiger partial charge is 0.354 e. The third-order valence-electron chi connectivity index (χ3n) is 3.89. The first-order chi connectivity index (χ1) is 12.2. The summed E-state index contributed by atoms with van der Waals surface area (Å²) >= 11 is 0. The number of rotatable bonds is 5. The number of amides is 1. The van der Waals surface area contributed by atoms with Gasteiger partial charge in [-0.05, 0) is 37.1 Å². The minimum Gasteiger partial charge on any atom is -0.354 e. The third kappa shape index (κ3) is 4.11. The van der Waals surface area contributed by atoms with Crippen molar-refractivity contribution < 1.29 is 22.9 Å². The summed E-state index contributed by atoms with van der Waals surface area (Å²) in [6.07, 6.45) is -3.00. The van der Waals surface area contributed by atoms with E-state index in [1.165, 1.54) is 30.3 Å². The lowest BCUT2D eigenvalue weighted by Gasteiger charge is -2.14. The highest BCUT2D eigenvalue weighted by Gasteiger charge is 2.31.